The maximum atomic E-state index is 12.7. The number of ether oxygens (including phenoxy) is 1. The maximum absolute atomic E-state index is 12.7. The van der Waals surface area contributed by atoms with E-state index in [9.17, 15) is 4.79 Å². The molecule has 3 aromatic rings. The highest BCUT2D eigenvalue weighted by Gasteiger charge is 2.32. The number of benzene rings is 2. The molecule has 4 rings (SSSR count). The van der Waals surface area contributed by atoms with Gasteiger partial charge in [0.2, 0.25) is 0 Å². The first-order chi connectivity index (χ1) is 9.81. The second kappa shape index (κ2) is 3.90. The molecule has 1 aliphatic rings. The number of ketones is 1. The van der Waals surface area contributed by atoms with E-state index < -0.39 is 0 Å². The molecule has 0 spiro atoms. The lowest BCUT2D eigenvalue weighted by atomic mass is 10.0. The SMILES string of the molecule is COc1cccc2c1-c1ncc3ccccc3c1C2=O. The van der Waals surface area contributed by atoms with Gasteiger partial charge in [0.25, 0.3) is 0 Å². The summed E-state index contributed by atoms with van der Waals surface area (Å²) in [6.07, 6.45) is 1.81. The van der Waals surface area contributed by atoms with Gasteiger partial charge in [-0.15, -0.1) is 0 Å². The molecular formula is C17H11NO2. The smallest absolute Gasteiger partial charge is 0.196 e. The van der Waals surface area contributed by atoms with Crippen molar-refractivity contribution >= 4 is 16.6 Å². The minimum absolute atomic E-state index is 0.0261. The zero-order chi connectivity index (χ0) is 13.7. The highest BCUT2D eigenvalue weighted by atomic mass is 16.5. The number of pyridine rings is 1. The predicted molar refractivity (Wildman–Crippen MR) is 77.2 cm³/mol. The van der Waals surface area contributed by atoms with Crippen LogP contribution in [0.2, 0.25) is 0 Å². The molecule has 0 aliphatic heterocycles. The molecule has 1 aliphatic carbocycles. The largest absolute Gasteiger partial charge is 0.496 e. The molecule has 0 N–H and O–H groups in total. The quantitative estimate of drug-likeness (QED) is 0.526. The van der Waals surface area contributed by atoms with Crippen molar-refractivity contribution in [1.82, 2.24) is 4.98 Å². The molecule has 2 aromatic carbocycles. The zero-order valence-corrected chi connectivity index (χ0v) is 10.9. The Kier molecular flexibility index (Phi) is 2.18. The van der Waals surface area contributed by atoms with Crippen LogP contribution in [0, 0.1) is 0 Å². The van der Waals surface area contributed by atoms with E-state index in [1.807, 2.05) is 48.7 Å². The minimum Gasteiger partial charge on any atom is -0.496 e. The van der Waals surface area contributed by atoms with Crippen LogP contribution in [-0.2, 0) is 0 Å². The van der Waals surface area contributed by atoms with Crippen LogP contribution in [0.15, 0.2) is 48.7 Å². The average Bonchev–Trinajstić information content (AvgIpc) is 2.81. The monoisotopic (exact) mass is 261 g/mol. The van der Waals surface area contributed by atoms with E-state index in [4.69, 9.17) is 4.74 Å². The summed E-state index contributed by atoms with van der Waals surface area (Å²) in [5, 5.41) is 1.92. The Balaban J connectivity index is 2.16. The molecule has 0 saturated carbocycles. The summed E-state index contributed by atoms with van der Waals surface area (Å²) in [4.78, 5) is 17.2. The number of carbonyl (C=O) groups is 1. The Bertz CT molecular complexity index is 868. The van der Waals surface area contributed by atoms with E-state index in [0.29, 0.717) is 16.9 Å². The number of rotatable bonds is 1. The number of hydrogen-bond acceptors (Lipinski definition) is 3. The summed E-state index contributed by atoms with van der Waals surface area (Å²) in [6.45, 7) is 0. The maximum Gasteiger partial charge on any atom is 0.196 e. The van der Waals surface area contributed by atoms with Crippen LogP contribution in [0.25, 0.3) is 22.0 Å². The van der Waals surface area contributed by atoms with Crippen molar-refractivity contribution in [2.45, 2.75) is 0 Å². The lowest BCUT2D eigenvalue weighted by molar-refractivity contribution is 0.104. The third kappa shape index (κ3) is 1.29. The van der Waals surface area contributed by atoms with Gasteiger partial charge in [-0.25, -0.2) is 0 Å². The lowest BCUT2D eigenvalue weighted by Crippen LogP contribution is -1.96. The second-order valence-corrected chi connectivity index (χ2v) is 4.78. The van der Waals surface area contributed by atoms with Gasteiger partial charge >= 0.3 is 0 Å². The van der Waals surface area contributed by atoms with Crippen LogP contribution in [0.3, 0.4) is 0 Å². The van der Waals surface area contributed by atoms with Crippen LogP contribution in [0.5, 0.6) is 5.75 Å². The van der Waals surface area contributed by atoms with E-state index in [0.717, 1.165) is 22.0 Å². The van der Waals surface area contributed by atoms with Crippen LogP contribution in [-0.4, -0.2) is 17.9 Å². The van der Waals surface area contributed by atoms with Crippen LogP contribution >= 0.6 is 0 Å². The first kappa shape index (κ1) is 11.2. The Morgan fingerprint density at radius 3 is 2.70 bits per heavy atom. The standard InChI is InChI=1S/C17H11NO2/c1-20-13-8-4-7-12-14(13)16-15(17(12)19)11-6-3-2-5-10(11)9-18-16/h2-9H,1H3. The van der Waals surface area contributed by atoms with Crippen molar-refractivity contribution in [2.75, 3.05) is 7.11 Å². The Morgan fingerprint density at radius 1 is 1.00 bits per heavy atom. The van der Waals surface area contributed by atoms with Crippen LogP contribution in [0.4, 0.5) is 0 Å². The molecule has 0 amide bonds. The number of nitrogens with zero attached hydrogens (tertiary/aromatic N) is 1. The molecule has 1 heterocycles. The summed E-state index contributed by atoms with van der Waals surface area (Å²) >= 11 is 0. The normalized spacial score (nSPS) is 12.3. The van der Waals surface area contributed by atoms with Gasteiger partial charge in [-0.3, -0.25) is 9.78 Å². The molecule has 20 heavy (non-hydrogen) atoms. The number of fused-ring (bicyclic) bond motifs is 5. The van der Waals surface area contributed by atoms with Crippen molar-refractivity contribution in [3.63, 3.8) is 0 Å². The number of carbonyl (C=O) groups excluding carboxylic acids is 1. The summed E-state index contributed by atoms with van der Waals surface area (Å²) < 4.78 is 5.38. The molecule has 0 radical (unpaired) electrons. The molecule has 3 nitrogen and oxygen atoms in total. The third-order valence-corrected chi connectivity index (χ3v) is 3.75. The van der Waals surface area contributed by atoms with E-state index in [1.165, 1.54) is 0 Å². The first-order valence-electron chi connectivity index (χ1n) is 6.41. The number of hydrogen-bond donors (Lipinski definition) is 0. The fourth-order valence-electron chi connectivity index (χ4n) is 2.85. The summed E-state index contributed by atoms with van der Waals surface area (Å²) in [6, 6.07) is 13.3. The fourth-order valence-corrected chi connectivity index (χ4v) is 2.85. The van der Waals surface area contributed by atoms with E-state index in [-0.39, 0.29) is 5.78 Å². The summed E-state index contributed by atoms with van der Waals surface area (Å²) in [5.74, 6) is 0.718. The summed E-state index contributed by atoms with van der Waals surface area (Å²) in [7, 11) is 1.61. The predicted octanol–water partition coefficient (Wildman–Crippen LogP) is 3.45. The van der Waals surface area contributed by atoms with Crippen molar-refractivity contribution in [3.05, 3.63) is 59.8 Å². The van der Waals surface area contributed by atoms with Gasteiger partial charge in [0.05, 0.1) is 23.9 Å². The minimum atomic E-state index is 0.0261. The van der Waals surface area contributed by atoms with Gasteiger partial charge in [0.15, 0.2) is 5.78 Å². The second-order valence-electron chi connectivity index (χ2n) is 4.78. The topological polar surface area (TPSA) is 39.2 Å². The number of aromatic nitrogens is 1. The Hall–Kier alpha value is -2.68. The van der Waals surface area contributed by atoms with E-state index in [2.05, 4.69) is 4.98 Å². The van der Waals surface area contributed by atoms with Crippen LogP contribution in [0.1, 0.15) is 15.9 Å². The highest BCUT2D eigenvalue weighted by Crippen LogP contribution is 2.43. The molecule has 0 atom stereocenters. The van der Waals surface area contributed by atoms with Gasteiger partial charge in [-0.05, 0) is 11.5 Å². The molecular weight excluding hydrogens is 250 g/mol. The first-order valence-corrected chi connectivity index (χ1v) is 6.41. The number of methoxy groups -OCH3 is 1. The van der Waals surface area contributed by atoms with Gasteiger partial charge < -0.3 is 4.74 Å². The molecule has 96 valence electrons. The average molecular weight is 261 g/mol. The Morgan fingerprint density at radius 2 is 1.85 bits per heavy atom. The van der Waals surface area contributed by atoms with Crippen molar-refractivity contribution in [3.8, 4) is 17.0 Å². The van der Waals surface area contributed by atoms with Gasteiger partial charge in [0, 0.05) is 17.1 Å². The lowest BCUT2D eigenvalue weighted by Gasteiger charge is -2.06. The summed E-state index contributed by atoms with van der Waals surface area (Å²) in [5.41, 5.74) is 2.88. The van der Waals surface area contributed by atoms with Crippen molar-refractivity contribution < 1.29 is 9.53 Å². The molecule has 0 bridgehead atoms. The van der Waals surface area contributed by atoms with E-state index >= 15 is 0 Å². The van der Waals surface area contributed by atoms with Crippen LogP contribution < -0.4 is 4.74 Å². The third-order valence-electron chi connectivity index (χ3n) is 3.75. The van der Waals surface area contributed by atoms with E-state index in [1.54, 1.807) is 7.11 Å². The molecule has 1 aromatic heterocycles. The highest BCUT2D eigenvalue weighted by molar-refractivity contribution is 6.27. The molecule has 0 unspecified atom stereocenters. The fraction of sp³-hybridized carbons (Fsp3) is 0.0588. The van der Waals surface area contributed by atoms with Gasteiger partial charge in [-0.2, -0.15) is 0 Å². The Labute approximate surface area is 115 Å². The molecule has 0 fully saturated rings. The van der Waals surface area contributed by atoms with Gasteiger partial charge in [0.1, 0.15) is 5.75 Å². The van der Waals surface area contributed by atoms with Crippen molar-refractivity contribution in [1.29, 1.82) is 0 Å². The van der Waals surface area contributed by atoms with Gasteiger partial charge in [-0.1, -0.05) is 36.4 Å². The molecule has 0 saturated heterocycles. The zero-order valence-electron chi connectivity index (χ0n) is 10.9. The molecule has 3 heteroatoms. The van der Waals surface area contributed by atoms with Crippen molar-refractivity contribution in [2.24, 2.45) is 0 Å².